The summed E-state index contributed by atoms with van der Waals surface area (Å²) < 4.78 is 1.95. The topological polar surface area (TPSA) is 29.9 Å². The van der Waals surface area contributed by atoms with Gasteiger partial charge in [0, 0.05) is 23.3 Å². The van der Waals surface area contributed by atoms with Crippen LogP contribution in [-0.4, -0.2) is 16.3 Å². The Hall–Kier alpha value is -1.32. The Morgan fingerprint density at radius 2 is 2.16 bits per heavy atom. The second kappa shape index (κ2) is 5.76. The van der Waals surface area contributed by atoms with Crippen LogP contribution in [0.4, 0.5) is 0 Å². The van der Waals surface area contributed by atoms with Gasteiger partial charge in [0.25, 0.3) is 0 Å². The van der Waals surface area contributed by atoms with Gasteiger partial charge in [-0.1, -0.05) is 23.7 Å². The van der Waals surface area contributed by atoms with Crippen molar-refractivity contribution in [2.24, 2.45) is 0 Å². The third kappa shape index (κ3) is 3.82. The average Bonchev–Trinajstić information content (AvgIpc) is 2.75. The fourth-order valence-corrected chi connectivity index (χ4v) is 2.24. The number of benzene rings is 1. The summed E-state index contributed by atoms with van der Waals surface area (Å²) in [5.41, 5.74) is 2.28. The van der Waals surface area contributed by atoms with Crippen LogP contribution in [-0.2, 0) is 12.1 Å². The van der Waals surface area contributed by atoms with E-state index in [9.17, 15) is 0 Å². The highest BCUT2D eigenvalue weighted by molar-refractivity contribution is 6.30. The number of aryl methyl sites for hydroxylation is 1. The monoisotopic (exact) mass is 277 g/mol. The van der Waals surface area contributed by atoms with E-state index in [1.165, 1.54) is 11.1 Å². The first-order valence-electron chi connectivity index (χ1n) is 6.47. The minimum atomic E-state index is -0.104. The predicted molar refractivity (Wildman–Crippen MR) is 79.4 cm³/mol. The normalized spacial score (nSPS) is 11.8. The molecular weight excluding hydrogens is 258 g/mol. The van der Waals surface area contributed by atoms with E-state index in [1.807, 2.05) is 42.2 Å². The maximum atomic E-state index is 6.04. The van der Waals surface area contributed by atoms with Crippen molar-refractivity contribution < 1.29 is 0 Å². The summed E-state index contributed by atoms with van der Waals surface area (Å²) in [4.78, 5) is 0. The molecule has 1 aromatic heterocycles. The summed E-state index contributed by atoms with van der Waals surface area (Å²) in [5.74, 6) is 0. The Morgan fingerprint density at radius 1 is 1.37 bits per heavy atom. The average molecular weight is 278 g/mol. The summed E-state index contributed by atoms with van der Waals surface area (Å²) >= 11 is 6.04. The molecule has 0 unspecified atom stereocenters. The van der Waals surface area contributed by atoms with E-state index in [0.717, 1.165) is 18.1 Å². The molecule has 3 nitrogen and oxygen atoms in total. The molecule has 0 saturated heterocycles. The van der Waals surface area contributed by atoms with Crippen molar-refractivity contribution in [3.05, 3.63) is 52.8 Å². The third-order valence-corrected chi connectivity index (χ3v) is 3.45. The van der Waals surface area contributed by atoms with Crippen molar-refractivity contribution in [2.45, 2.75) is 32.9 Å². The molecular formula is C15H20ClN3. The Bertz CT molecular complexity index is 546. The standard InChI is InChI=1S/C15H20ClN3/c1-12-10-18-19(11-12)8-7-17-15(2,3)13-5-4-6-14(16)9-13/h4-6,9-11,17H,7-8H2,1-3H3. The Labute approximate surface area is 119 Å². The van der Waals surface area contributed by atoms with Crippen LogP contribution in [0, 0.1) is 6.92 Å². The lowest BCUT2D eigenvalue weighted by atomic mass is 9.94. The van der Waals surface area contributed by atoms with Crippen LogP contribution in [0.5, 0.6) is 0 Å². The van der Waals surface area contributed by atoms with E-state index >= 15 is 0 Å². The molecule has 0 spiro atoms. The molecule has 0 bridgehead atoms. The lowest BCUT2D eigenvalue weighted by Gasteiger charge is -2.27. The summed E-state index contributed by atoms with van der Waals surface area (Å²) in [5, 5.41) is 8.59. The SMILES string of the molecule is Cc1cnn(CCNC(C)(C)c2cccc(Cl)c2)c1. The van der Waals surface area contributed by atoms with Gasteiger partial charge in [0.05, 0.1) is 12.7 Å². The summed E-state index contributed by atoms with van der Waals surface area (Å²) in [7, 11) is 0. The maximum absolute atomic E-state index is 6.04. The fourth-order valence-electron chi connectivity index (χ4n) is 2.05. The Kier molecular flexibility index (Phi) is 4.27. The highest BCUT2D eigenvalue weighted by atomic mass is 35.5. The number of rotatable bonds is 5. The number of halogens is 1. The smallest absolute Gasteiger partial charge is 0.0534 e. The van der Waals surface area contributed by atoms with Crippen LogP contribution < -0.4 is 5.32 Å². The van der Waals surface area contributed by atoms with Crippen molar-refractivity contribution in [3.8, 4) is 0 Å². The van der Waals surface area contributed by atoms with Crippen molar-refractivity contribution in [2.75, 3.05) is 6.54 Å². The molecule has 0 atom stereocenters. The lowest BCUT2D eigenvalue weighted by molar-refractivity contribution is 0.385. The molecule has 2 aromatic rings. The number of hydrogen-bond donors (Lipinski definition) is 1. The molecule has 102 valence electrons. The van der Waals surface area contributed by atoms with Crippen LogP contribution in [0.25, 0.3) is 0 Å². The van der Waals surface area contributed by atoms with Crippen molar-refractivity contribution >= 4 is 11.6 Å². The second-order valence-corrected chi connectivity index (χ2v) is 5.78. The molecule has 1 heterocycles. The molecule has 0 fully saturated rings. The molecule has 0 aliphatic rings. The van der Waals surface area contributed by atoms with E-state index in [-0.39, 0.29) is 5.54 Å². The first-order chi connectivity index (χ1) is 8.97. The Balaban J connectivity index is 1.94. The summed E-state index contributed by atoms with van der Waals surface area (Å²) in [6, 6.07) is 7.98. The molecule has 1 aromatic carbocycles. The number of aromatic nitrogens is 2. The van der Waals surface area contributed by atoms with E-state index in [2.05, 4.69) is 30.3 Å². The first kappa shape index (κ1) is 14.1. The first-order valence-corrected chi connectivity index (χ1v) is 6.85. The molecule has 0 aliphatic carbocycles. The van der Waals surface area contributed by atoms with Crippen LogP contribution in [0.3, 0.4) is 0 Å². The molecule has 0 radical (unpaired) electrons. The molecule has 0 saturated carbocycles. The van der Waals surface area contributed by atoms with Gasteiger partial charge in [0.1, 0.15) is 0 Å². The number of hydrogen-bond acceptors (Lipinski definition) is 2. The van der Waals surface area contributed by atoms with Gasteiger partial charge < -0.3 is 5.32 Å². The van der Waals surface area contributed by atoms with Gasteiger partial charge >= 0.3 is 0 Å². The van der Waals surface area contributed by atoms with Crippen LogP contribution >= 0.6 is 11.6 Å². The van der Waals surface area contributed by atoms with Crippen molar-refractivity contribution in [3.63, 3.8) is 0 Å². The minimum Gasteiger partial charge on any atom is -0.306 e. The van der Waals surface area contributed by atoms with E-state index in [0.29, 0.717) is 0 Å². The van der Waals surface area contributed by atoms with Gasteiger partial charge in [-0.25, -0.2) is 0 Å². The van der Waals surface area contributed by atoms with Gasteiger partial charge in [-0.05, 0) is 44.0 Å². The lowest BCUT2D eigenvalue weighted by Crippen LogP contribution is -2.38. The second-order valence-electron chi connectivity index (χ2n) is 5.34. The van der Waals surface area contributed by atoms with Gasteiger partial charge in [-0.2, -0.15) is 5.10 Å². The van der Waals surface area contributed by atoms with E-state index < -0.39 is 0 Å². The minimum absolute atomic E-state index is 0.104. The molecule has 19 heavy (non-hydrogen) atoms. The van der Waals surface area contributed by atoms with E-state index in [1.54, 1.807) is 0 Å². The quantitative estimate of drug-likeness (QED) is 0.908. The van der Waals surface area contributed by atoms with Gasteiger partial charge in [-0.15, -0.1) is 0 Å². The number of nitrogens with zero attached hydrogens (tertiary/aromatic N) is 2. The third-order valence-electron chi connectivity index (χ3n) is 3.22. The van der Waals surface area contributed by atoms with Crippen LogP contribution in [0.2, 0.25) is 5.02 Å². The van der Waals surface area contributed by atoms with Gasteiger partial charge in [0.2, 0.25) is 0 Å². The molecule has 0 amide bonds. The molecule has 4 heteroatoms. The fraction of sp³-hybridized carbons (Fsp3) is 0.400. The molecule has 1 N–H and O–H groups in total. The zero-order valence-electron chi connectivity index (χ0n) is 11.7. The largest absolute Gasteiger partial charge is 0.306 e. The van der Waals surface area contributed by atoms with Crippen LogP contribution in [0.15, 0.2) is 36.7 Å². The zero-order valence-corrected chi connectivity index (χ0v) is 12.4. The summed E-state index contributed by atoms with van der Waals surface area (Å²) in [6.45, 7) is 8.09. The number of nitrogens with one attached hydrogen (secondary N) is 1. The highest BCUT2D eigenvalue weighted by Gasteiger charge is 2.19. The zero-order chi connectivity index (χ0) is 13.9. The van der Waals surface area contributed by atoms with Crippen molar-refractivity contribution in [1.82, 2.24) is 15.1 Å². The van der Waals surface area contributed by atoms with Crippen molar-refractivity contribution in [1.29, 1.82) is 0 Å². The Morgan fingerprint density at radius 3 is 2.79 bits per heavy atom. The van der Waals surface area contributed by atoms with Crippen LogP contribution in [0.1, 0.15) is 25.0 Å². The molecule has 2 rings (SSSR count). The molecule has 0 aliphatic heterocycles. The predicted octanol–water partition coefficient (Wildman–Crippen LogP) is 3.37. The van der Waals surface area contributed by atoms with Gasteiger partial charge in [0.15, 0.2) is 0 Å². The van der Waals surface area contributed by atoms with Gasteiger partial charge in [-0.3, -0.25) is 4.68 Å². The highest BCUT2D eigenvalue weighted by Crippen LogP contribution is 2.22. The maximum Gasteiger partial charge on any atom is 0.0534 e. The summed E-state index contributed by atoms with van der Waals surface area (Å²) in [6.07, 6.45) is 3.93. The van der Waals surface area contributed by atoms with E-state index in [4.69, 9.17) is 11.6 Å².